The number of hydrogen-bond acceptors (Lipinski definition) is 3. The summed E-state index contributed by atoms with van der Waals surface area (Å²) >= 11 is 0. The molecule has 2 heterocycles. The van der Waals surface area contributed by atoms with Crippen molar-refractivity contribution < 1.29 is 4.79 Å². The summed E-state index contributed by atoms with van der Waals surface area (Å²) in [5.74, 6) is 1.27. The molecule has 0 bridgehead atoms. The molecule has 1 amide bonds. The van der Waals surface area contributed by atoms with Crippen LogP contribution in [0.3, 0.4) is 0 Å². The van der Waals surface area contributed by atoms with Crippen molar-refractivity contribution in [3.8, 4) is 0 Å². The van der Waals surface area contributed by atoms with E-state index >= 15 is 0 Å². The summed E-state index contributed by atoms with van der Waals surface area (Å²) in [6.07, 6.45) is 7.23. The largest absolute Gasteiger partial charge is 0.326 e. The lowest BCUT2D eigenvalue weighted by Gasteiger charge is -2.30. The smallest absolute Gasteiger partial charge is 0.227 e. The second-order valence-electron chi connectivity index (χ2n) is 6.41. The molecule has 0 atom stereocenters. The third-order valence-corrected chi connectivity index (χ3v) is 4.88. The predicted octanol–water partition coefficient (Wildman–Crippen LogP) is 3.90. The molecule has 118 valence electrons. The molecule has 4 rings (SSSR count). The van der Waals surface area contributed by atoms with E-state index < -0.39 is 0 Å². The number of pyridine rings is 1. The lowest BCUT2D eigenvalue weighted by atomic mass is 9.85. The highest BCUT2D eigenvalue weighted by Gasteiger charge is 2.25. The number of benzene rings is 1. The number of carbonyl (C=O) groups excluding carboxylic acids is 1. The topological polar surface area (TPSA) is 45.2 Å². The summed E-state index contributed by atoms with van der Waals surface area (Å²) in [4.78, 5) is 18.8. The number of nitrogens with one attached hydrogen (secondary N) is 1. The molecule has 4 heteroatoms. The van der Waals surface area contributed by atoms with Gasteiger partial charge in [0.25, 0.3) is 0 Å². The third kappa shape index (κ3) is 2.81. The first-order chi connectivity index (χ1) is 11.3. The highest BCUT2D eigenvalue weighted by Crippen LogP contribution is 2.32. The SMILES string of the molecule is O=C(Nc1ccc(N2CCCc3ccccc32)nc1)C1CCC1. The molecule has 1 aromatic heterocycles. The molecule has 0 spiro atoms. The number of carbonyl (C=O) groups is 1. The van der Waals surface area contributed by atoms with Crippen molar-refractivity contribution in [2.75, 3.05) is 16.8 Å². The molecule has 23 heavy (non-hydrogen) atoms. The van der Waals surface area contributed by atoms with Gasteiger partial charge in [-0.15, -0.1) is 0 Å². The van der Waals surface area contributed by atoms with E-state index in [9.17, 15) is 4.79 Å². The van der Waals surface area contributed by atoms with Gasteiger partial charge in [-0.2, -0.15) is 0 Å². The average molecular weight is 307 g/mol. The Morgan fingerprint density at radius 1 is 1.13 bits per heavy atom. The number of aryl methyl sites for hydroxylation is 1. The Bertz CT molecular complexity index is 707. The number of anilines is 3. The third-order valence-electron chi connectivity index (χ3n) is 4.88. The Hall–Kier alpha value is -2.36. The molecular formula is C19H21N3O. The number of nitrogens with zero attached hydrogens (tertiary/aromatic N) is 2. The van der Waals surface area contributed by atoms with Gasteiger partial charge in [-0.25, -0.2) is 4.98 Å². The Labute approximate surface area is 136 Å². The predicted molar refractivity (Wildman–Crippen MR) is 92.0 cm³/mol. The van der Waals surface area contributed by atoms with Crippen LogP contribution in [0.15, 0.2) is 42.6 Å². The van der Waals surface area contributed by atoms with Crippen LogP contribution in [0.5, 0.6) is 0 Å². The molecule has 1 aliphatic carbocycles. The summed E-state index contributed by atoms with van der Waals surface area (Å²) in [5, 5.41) is 2.97. The molecule has 0 radical (unpaired) electrons. The summed E-state index contributed by atoms with van der Waals surface area (Å²) < 4.78 is 0. The zero-order valence-corrected chi connectivity index (χ0v) is 13.2. The fourth-order valence-electron chi connectivity index (χ4n) is 3.31. The number of rotatable bonds is 3. The standard InChI is InChI=1S/C19H21N3O/c23-19(15-6-3-7-15)21-16-10-11-18(20-13-16)22-12-4-8-14-5-1-2-9-17(14)22/h1-2,5,9-11,13,15H,3-4,6-8,12H2,(H,21,23). The molecule has 1 saturated carbocycles. The van der Waals surface area contributed by atoms with Gasteiger partial charge in [-0.3, -0.25) is 4.79 Å². The maximum absolute atomic E-state index is 12.0. The van der Waals surface area contributed by atoms with Gasteiger partial charge < -0.3 is 10.2 Å². The molecule has 1 aliphatic heterocycles. The summed E-state index contributed by atoms with van der Waals surface area (Å²) in [7, 11) is 0. The maximum Gasteiger partial charge on any atom is 0.227 e. The molecule has 2 aromatic rings. The van der Waals surface area contributed by atoms with Crippen molar-refractivity contribution in [2.45, 2.75) is 32.1 Å². The number of aromatic nitrogens is 1. The molecule has 1 fully saturated rings. The second-order valence-corrected chi connectivity index (χ2v) is 6.41. The molecule has 1 N–H and O–H groups in total. The molecule has 2 aliphatic rings. The van der Waals surface area contributed by atoms with Gasteiger partial charge in [-0.1, -0.05) is 24.6 Å². The second kappa shape index (κ2) is 6.03. The number of para-hydroxylation sites is 1. The average Bonchev–Trinajstić information content (AvgIpc) is 2.53. The zero-order valence-electron chi connectivity index (χ0n) is 13.2. The minimum absolute atomic E-state index is 0.133. The van der Waals surface area contributed by atoms with Crippen LogP contribution < -0.4 is 10.2 Å². The van der Waals surface area contributed by atoms with Crippen molar-refractivity contribution >= 4 is 23.1 Å². The van der Waals surface area contributed by atoms with Crippen LogP contribution in [0, 0.1) is 5.92 Å². The van der Waals surface area contributed by atoms with E-state index in [0.717, 1.165) is 43.7 Å². The number of fused-ring (bicyclic) bond motifs is 1. The molecular weight excluding hydrogens is 286 g/mol. The first kappa shape index (κ1) is 14.2. The molecule has 4 nitrogen and oxygen atoms in total. The highest BCUT2D eigenvalue weighted by atomic mass is 16.1. The Morgan fingerprint density at radius 2 is 2.00 bits per heavy atom. The quantitative estimate of drug-likeness (QED) is 0.935. The van der Waals surface area contributed by atoms with Crippen molar-refractivity contribution in [3.05, 3.63) is 48.2 Å². The Kier molecular flexibility index (Phi) is 3.74. The van der Waals surface area contributed by atoms with Gasteiger partial charge in [0.1, 0.15) is 5.82 Å². The normalized spacial score (nSPS) is 17.3. The van der Waals surface area contributed by atoms with Gasteiger partial charge in [0, 0.05) is 18.2 Å². The lowest BCUT2D eigenvalue weighted by Crippen LogP contribution is -2.28. The van der Waals surface area contributed by atoms with Crippen LogP contribution in [-0.4, -0.2) is 17.4 Å². The maximum atomic E-state index is 12.0. The van der Waals surface area contributed by atoms with Gasteiger partial charge in [-0.05, 0) is 49.4 Å². The number of hydrogen-bond donors (Lipinski definition) is 1. The van der Waals surface area contributed by atoms with Crippen LogP contribution in [0.25, 0.3) is 0 Å². The van der Waals surface area contributed by atoms with Crippen LogP contribution >= 0.6 is 0 Å². The molecule has 0 unspecified atom stereocenters. The van der Waals surface area contributed by atoms with E-state index in [2.05, 4.69) is 39.5 Å². The van der Waals surface area contributed by atoms with E-state index in [0.29, 0.717) is 0 Å². The minimum Gasteiger partial charge on any atom is -0.326 e. The Morgan fingerprint density at radius 3 is 2.74 bits per heavy atom. The summed E-state index contributed by atoms with van der Waals surface area (Å²) in [6.45, 7) is 0.984. The Balaban J connectivity index is 1.51. The van der Waals surface area contributed by atoms with Gasteiger partial charge in [0.05, 0.1) is 11.9 Å². The van der Waals surface area contributed by atoms with E-state index in [1.165, 1.54) is 17.7 Å². The lowest BCUT2D eigenvalue weighted by molar-refractivity contribution is -0.122. The van der Waals surface area contributed by atoms with Crippen LogP contribution in [0.2, 0.25) is 0 Å². The fraction of sp³-hybridized carbons (Fsp3) is 0.368. The van der Waals surface area contributed by atoms with E-state index in [4.69, 9.17) is 0 Å². The van der Waals surface area contributed by atoms with Crippen LogP contribution in [0.1, 0.15) is 31.2 Å². The molecule has 0 saturated heterocycles. The van der Waals surface area contributed by atoms with Gasteiger partial charge >= 0.3 is 0 Å². The van der Waals surface area contributed by atoms with Crippen LogP contribution in [0.4, 0.5) is 17.2 Å². The van der Waals surface area contributed by atoms with E-state index in [-0.39, 0.29) is 11.8 Å². The van der Waals surface area contributed by atoms with E-state index in [1.54, 1.807) is 6.20 Å². The van der Waals surface area contributed by atoms with Crippen LogP contribution in [-0.2, 0) is 11.2 Å². The number of amides is 1. The van der Waals surface area contributed by atoms with Crippen molar-refractivity contribution in [1.29, 1.82) is 0 Å². The first-order valence-corrected chi connectivity index (χ1v) is 8.43. The first-order valence-electron chi connectivity index (χ1n) is 8.43. The minimum atomic E-state index is 0.133. The summed E-state index contributed by atoms with van der Waals surface area (Å²) in [5.41, 5.74) is 3.41. The summed E-state index contributed by atoms with van der Waals surface area (Å²) in [6, 6.07) is 12.5. The van der Waals surface area contributed by atoms with Crippen molar-refractivity contribution in [2.24, 2.45) is 5.92 Å². The van der Waals surface area contributed by atoms with Crippen molar-refractivity contribution in [1.82, 2.24) is 4.98 Å². The monoisotopic (exact) mass is 307 g/mol. The van der Waals surface area contributed by atoms with Crippen molar-refractivity contribution in [3.63, 3.8) is 0 Å². The van der Waals surface area contributed by atoms with E-state index in [1.807, 2.05) is 12.1 Å². The fourth-order valence-corrected chi connectivity index (χ4v) is 3.31. The zero-order chi connectivity index (χ0) is 15.6. The van der Waals surface area contributed by atoms with Gasteiger partial charge in [0.15, 0.2) is 0 Å². The highest BCUT2D eigenvalue weighted by molar-refractivity contribution is 5.93. The van der Waals surface area contributed by atoms with Gasteiger partial charge in [0.2, 0.25) is 5.91 Å². The molecule has 1 aromatic carbocycles.